The van der Waals surface area contributed by atoms with Gasteiger partial charge < -0.3 is 9.73 Å². The maximum atomic E-state index is 13.5. The fraction of sp³-hybridized carbons (Fsp3) is 0.231. The fourth-order valence-electron chi connectivity index (χ4n) is 1.60. The van der Waals surface area contributed by atoms with E-state index in [4.69, 9.17) is 16.0 Å². The van der Waals surface area contributed by atoms with Crippen LogP contribution in [0.4, 0.5) is 10.1 Å². The maximum Gasteiger partial charge on any atom is 0.146 e. The van der Waals surface area contributed by atoms with Gasteiger partial charge in [-0.2, -0.15) is 0 Å². The van der Waals surface area contributed by atoms with Crippen LogP contribution >= 0.6 is 11.6 Å². The zero-order valence-electron chi connectivity index (χ0n) is 9.63. The van der Waals surface area contributed by atoms with Crippen molar-refractivity contribution in [1.82, 2.24) is 0 Å². The smallest absolute Gasteiger partial charge is 0.146 e. The molecule has 1 N–H and O–H groups in total. The molecule has 0 fully saturated rings. The number of rotatable bonds is 3. The second-order valence-electron chi connectivity index (χ2n) is 3.94. The van der Waals surface area contributed by atoms with Crippen molar-refractivity contribution < 1.29 is 8.81 Å². The Morgan fingerprint density at radius 3 is 2.71 bits per heavy atom. The Morgan fingerprint density at radius 2 is 2.06 bits per heavy atom. The first-order valence-electron chi connectivity index (χ1n) is 5.34. The average Bonchev–Trinajstić information content (AvgIpc) is 2.70. The molecule has 4 heteroatoms. The van der Waals surface area contributed by atoms with Gasteiger partial charge in [0.15, 0.2) is 0 Å². The molecule has 0 aliphatic heterocycles. The van der Waals surface area contributed by atoms with Gasteiger partial charge in [-0.1, -0.05) is 11.6 Å². The fourth-order valence-corrected chi connectivity index (χ4v) is 1.77. The number of hydrogen-bond acceptors (Lipinski definition) is 2. The van der Waals surface area contributed by atoms with Gasteiger partial charge in [-0.3, -0.25) is 0 Å². The molecule has 17 heavy (non-hydrogen) atoms. The highest BCUT2D eigenvalue weighted by atomic mass is 35.5. The highest BCUT2D eigenvalue weighted by Gasteiger charge is 2.11. The Balaban J connectivity index is 2.18. The van der Waals surface area contributed by atoms with Gasteiger partial charge in [0, 0.05) is 5.02 Å². The van der Waals surface area contributed by atoms with Gasteiger partial charge in [0.25, 0.3) is 0 Å². The Kier molecular flexibility index (Phi) is 3.38. The summed E-state index contributed by atoms with van der Waals surface area (Å²) in [6, 6.07) is 8.05. The minimum Gasteiger partial charge on any atom is -0.464 e. The third-order valence-corrected chi connectivity index (χ3v) is 2.72. The van der Waals surface area contributed by atoms with Crippen LogP contribution in [0.25, 0.3) is 0 Å². The average molecular weight is 254 g/mol. The lowest BCUT2D eigenvalue weighted by molar-refractivity contribution is 0.466. The number of halogens is 2. The Morgan fingerprint density at radius 1 is 1.29 bits per heavy atom. The van der Waals surface area contributed by atoms with Crippen LogP contribution in [0.5, 0.6) is 0 Å². The van der Waals surface area contributed by atoms with Gasteiger partial charge >= 0.3 is 0 Å². The van der Waals surface area contributed by atoms with Crippen LogP contribution in [0.2, 0.25) is 5.02 Å². The number of benzene rings is 1. The quantitative estimate of drug-likeness (QED) is 0.868. The van der Waals surface area contributed by atoms with Crippen LogP contribution in [0, 0.1) is 12.7 Å². The molecule has 0 amide bonds. The minimum absolute atomic E-state index is 0.114. The van der Waals surface area contributed by atoms with E-state index in [1.165, 1.54) is 12.1 Å². The van der Waals surface area contributed by atoms with Crippen LogP contribution in [-0.2, 0) is 0 Å². The molecule has 1 aromatic carbocycles. The van der Waals surface area contributed by atoms with Crippen molar-refractivity contribution in [2.24, 2.45) is 0 Å². The molecule has 0 saturated carbocycles. The molecule has 0 radical (unpaired) electrons. The molecule has 0 spiro atoms. The predicted octanol–water partition coefficient (Wildman–Crippen LogP) is 4.55. The topological polar surface area (TPSA) is 25.2 Å². The Labute approximate surface area is 104 Å². The summed E-state index contributed by atoms with van der Waals surface area (Å²) in [5.74, 6) is 1.27. The van der Waals surface area contributed by atoms with E-state index in [0.29, 0.717) is 10.7 Å². The van der Waals surface area contributed by atoms with E-state index in [0.717, 1.165) is 11.5 Å². The lowest BCUT2D eigenvalue weighted by Crippen LogP contribution is -2.07. The third kappa shape index (κ3) is 2.80. The molecular weight excluding hydrogens is 241 g/mol. The van der Waals surface area contributed by atoms with E-state index in [1.807, 2.05) is 26.0 Å². The molecule has 0 saturated heterocycles. The molecule has 90 valence electrons. The number of furan rings is 1. The third-order valence-electron chi connectivity index (χ3n) is 2.49. The van der Waals surface area contributed by atoms with Gasteiger partial charge in [0.2, 0.25) is 0 Å². The molecule has 1 heterocycles. The van der Waals surface area contributed by atoms with Gasteiger partial charge in [0.1, 0.15) is 17.3 Å². The largest absolute Gasteiger partial charge is 0.464 e. The number of hydrogen-bond donors (Lipinski definition) is 1. The van der Waals surface area contributed by atoms with E-state index < -0.39 is 0 Å². The molecular formula is C13H13ClFNO. The van der Waals surface area contributed by atoms with Crippen molar-refractivity contribution in [2.75, 3.05) is 5.32 Å². The maximum absolute atomic E-state index is 13.5. The van der Waals surface area contributed by atoms with E-state index in [-0.39, 0.29) is 11.9 Å². The first-order valence-corrected chi connectivity index (χ1v) is 5.72. The first-order chi connectivity index (χ1) is 8.06. The van der Waals surface area contributed by atoms with Gasteiger partial charge in [-0.15, -0.1) is 0 Å². The lowest BCUT2D eigenvalue weighted by Gasteiger charge is -2.13. The highest BCUT2D eigenvalue weighted by molar-refractivity contribution is 6.30. The standard InChI is InChI=1S/C13H13ClFNO/c1-8-3-6-13(17-8)9(2)16-12-7-10(14)4-5-11(12)15/h3-7,9,16H,1-2H3. The summed E-state index contributed by atoms with van der Waals surface area (Å²) in [7, 11) is 0. The molecule has 1 unspecified atom stereocenters. The van der Waals surface area contributed by atoms with E-state index in [2.05, 4.69) is 5.32 Å². The number of nitrogens with one attached hydrogen (secondary N) is 1. The summed E-state index contributed by atoms with van der Waals surface area (Å²) >= 11 is 5.82. The van der Waals surface area contributed by atoms with Gasteiger partial charge in [0.05, 0.1) is 11.7 Å². The van der Waals surface area contributed by atoms with Crippen molar-refractivity contribution in [3.63, 3.8) is 0 Å². The molecule has 1 atom stereocenters. The molecule has 2 rings (SSSR count). The monoisotopic (exact) mass is 253 g/mol. The molecule has 0 aliphatic carbocycles. The molecule has 0 bridgehead atoms. The lowest BCUT2D eigenvalue weighted by atomic mass is 10.2. The second-order valence-corrected chi connectivity index (χ2v) is 4.38. The highest BCUT2D eigenvalue weighted by Crippen LogP contribution is 2.25. The van der Waals surface area contributed by atoms with Crippen molar-refractivity contribution in [3.8, 4) is 0 Å². The first kappa shape index (κ1) is 12.0. The van der Waals surface area contributed by atoms with Crippen LogP contribution in [0.1, 0.15) is 24.5 Å². The summed E-state index contributed by atoms with van der Waals surface area (Å²) in [6.45, 7) is 3.77. The number of aryl methyl sites for hydroxylation is 1. The van der Waals surface area contributed by atoms with E-state index >= 15 is 0 Å². The Bertz CT molecular complexity index is 524. The van der Waals surface area contributed by atoms with Crippen LogP contribution in [0.3, 0.4) is 0 Å². The van der Waals surface area contributed by atoms with Crippen molar-refractivity contribution in [1.29, 1.82) is 0 Å². The van der Waals surface area contributed by atoms with E-state index in [9.17, 15) is 4.39 Å². The summed E-state index contributed by atoms with van der Waals surface area (Å²) in [6.07, 6.45) is 0. The zero-order valence-corrected chi connectivity index (χ0v) is 10.4. The summed E-state index contributed by atoms with van der Waals surface area (Å²) in [4.78, 5) is 0. The molecule has 0 aliphatic rings. The SMILES string of the molecule is Cc1ccc(C(C)Nc2cc(Cl)ccc2F)o1. The molecule has 1 aromatic heterocycles. The summed E-state index contributed by atoms with van der Waals surface area (Å²) in [5.41, 5.74) is 0.374. The predicted molar refractivity (Wildman–Crippen MR) is 66.9 cm³/mol. The Hall–Kier alpha value is -1.48. The summed E-state index contributed by atoms with van der Waals surface area (Å²) < 4.78 is 19.0. The van der Waals surface area contributed by atoms with Crippen molar-refractivity contribution >= 4 is 17.3 Å². The summed E-state index contributed by atoms with van der Waals surface area (Å²) in [5, 5.41) is 3.52. The number of anilines is 1. The molecule has 2 nitrogen and oxygen atoms in total. The zero-order chi connectivity index (χ0) is 12.4. The van der Waals surface area contributed by atoms with Crippen molar-refractivity contribution in [3.05, 3.63) is 52.7 Å². The van der Waals surface area contributed by atoms with Crippen LogP contribution in [-0.4, -0.2) is 0 Å². The van der Waals surface area contributed by atoms with E-state index in [1.54, 1.807) is 6.07 Å². The van der Waals surface area contributed by atoms with Gasteiger partial charge in [-0.05, 0) is 44.2 Å². The minimum atomic E-state index is -0.329. The molecule has 2 aromatic rings. The second kappa shape index (κ2) is 4.80. The normalized spacial score (nSPS) is 12.5. The van der Waals surface area contributed by atoms with Crippen LogP contribution < -0.4 is 5.32 Å². The van der Waals surface area contributed by atoms with Crippen LogP contribution in [0.15, 0.2) is 34.7 Å². The van der Waals surface area contributed by atoms with Crippen molar-refractivity contribution in [2.45, 2.75) is 19.9 Å². The van der Waals surface area contributed by atoms with Gasteiger partial charge in [-0.25, -0.2) is 4.39 Å².